The summed E-state index contributed by atoms with van der Waals surface area (Å²) in [4.78, 5) is 0. The van der Waals surface area contributed by atoms with Crippen LogP contribution in [0.3, 0.4) is 0 Å². The summed E-state index contributed by atoms with van der Waals surface area (Å²) in [5.41, 5.74) is 2.53. The smallest absolute Gasteiger partial charge is 0.0499 e. The van der Waals surface area contributed by atoms with Gasteiger partial charge in [0.25, 0.3) is 0 Å². The highest BCUT2D eigenvalue weighted by molar-refractivity contribution is 7.97. The van der Waals surface area contributed by atoms with E-state index >= 15 is 0 Å². The third-order valence-electron chi connectivity index (χ3n) is 2.43. The van der Waals surface area contributed by atoms with E-state index in [1.807, 2.05) is 23.9 Å². The molecule has 0 aliphatic rings. The minimum absolute atomic E-state index is 0.838. The number of nitrogens with zero attached hydrogens (tertiary/aromatic N) is 1. The fourth-order valence-corrected chi connectivity index (χ4v) is 2.46. The van der Waals surface area contributed by atoms with E-state index in [1.54, 1.807) is 0 Å². The Morgan fingerprint density at radius 3 is 2.86 bits per heavy atom. The molecule has 0 saturated heterocycles. The lowest BCUT2D eigenvalue weighted by Crippen LogP contribution is -1.92. The monoisotopic (exact) mass is 225 g/mol. The normalized spacial score (nSPS) is 11.1. The second-order valence-electron chi connectivity index (χ2n) is 3.30. The second kappa shape index (κ2) is 3.87. The van der Waals surface area contributed by atoms with Crippen LogP contribution in [0.25, 0.3) is 10.9 Å². The average Bonchev–Trinajstić information content (AvgIpc) is 2.48. The largest absolute Gasteiger partial charge is 0.347 e. The van der Waals surface area contributed by atoms with E-state index in [2.05, 4.69) is 30.0 Å². The van der Waals surface area contributed by atoms with Crippen molar-refractivity contribution in [3.05, 3.63) is 35.0 Å². The molecule has 0 unspecified atom stereocenters. The summed E-state index contributed by atoms with van der Waals surface area (Å²) in [7, 11) is 2.09. The van der Waals surface area contributed by atoms with Gasteiger partial charge in [0, 0.05) is 34.4 Å². The standard InChI is InChI=1S/C11H12ClNS/c1-13-8(7-14-2)6-9-10(12)4-3-5-11(9)13/h3-6H,7H2,1-2H3. The molecule has 3 heteroatoms. The highest BCUT2D eigenvalue weighted by atomic mass is 35.5. The van der Waals surface area contributed by atoms with E-state index < -0.39 is 0 Å². The molecule has 2 aromatic rings. The first-order valence-corrected chi connectivity index (χ1v) is 6.23. The molecule has 0 N–H and O–H groups in total. The minimum atomic E-state index is 0.838. The van der Waals surface area contributed by atoms with Crippen LogP contribution in [0.15, 0.2) is 24.3 Å². The number of rotatable bonds is 2. The van der Waals surface area contributed by atoms with Gasteiger partial charge < -0.3 is 4.57 Å². The van der Waals surface area contributed by atoms with Crippen LogP contribution in [-0.4, -0.2) is 10.8 Å². The Morgan fingerprint density at radius 2 is 2.21 bits per heavy atom. The minimum Gasteiger partial charge on any atom is -0.347 e. The van der Waals surface area contributed by atoms with E-state index in [0.717, 1.165) is 16.2 Å². The molecule has 1 heterocycles. The van der Waals surface area contributed by atoms with Crippen molar-refractivity contribution < 1.29 is 0 Å². The van der Waals surface area contributed by atoms with E-state index in [4.69, 9.17) is 11.6 Å². The summed E-state index contributed by atoms with van der Waals surface area (Å²) >= 11 is 7.95. The second-order valence-corrected chi connectivity index (χ2v) is 4.57. The van der Waals surface area contributed by atoms with Gasteiger partial charge in [0.2, 0.25) is 0 Å². The molecule has 0 amide bonds. The van der Waals surface area contributed by atoms with Crippen LogP contribution in [0.1, 0.15) is 5.69 Å². The van der Waals surface area contributed by atoms with Gasteiger partial charge in [-0.25, -0.2) is 0 Å². The highest BCUT2D eigenvalue weighted by Gasteiger charge is 2.06. The number of aromatic nitrogens is 1. The van der Waals surface area contributed by atoms with Gasteiger partial charge >= 0.3 is 0 Å². The maximum atomic E-state index is 6.12. The van der Waals surface area contributed by atoms with Crippen molar-refractivity contribution >= 4 is 34.3 Å². The zero-order valence-electron chi connectivity index (χ0n) is 8.25. The summed E-state index contributed by atoms with van der Waals surface area (Å²) in [5.74, 6) is 1.03. The van der Waals surface area contributed by atoms with Gasteiger partial charge in [-0.2, -0.15) is 11.8 Å². The molecular formula is C11H12ClNS. The Bertz CT molecular complexity index is 462. The molecule has 1 aromatic carbocycles. The third-order valence-corrected chi connectivity index (χ3v) is 3.34. The van der Waals surface area contributed by atoms with Crippen molar-refractivity contribution in [2.45, 2.75) is 5.75 Å². The Morgan fingerprint density at radius 1 is 1.43 bits per heavy atom. The number of fused-ring (bicyclic) bond motifs is 1. The Balaban J connectivity index is 2.67. The predicted molar refractivity (Wildman–Crippen MR) is 65.1 cm³/mol. The number of hydrogen-bond acceptors (Lipinski definition) is 1. The van der Waals surface area contributed by atoms with Crippen molar-refractivity contribution in [1.29, 1.82) is 0 Å². The summed E-state index contributed by atoms with van der Waals surface area (Å²) < 4.78 is 2.21. The van der Waals surface area contributed by atoms with E-state index in [-0.39, 0.29) is 0 Å². The SMILES string of the molecule is CSCc1cc2c(Cl)cccc2n1C. The molecule has 0 saturated carbocycles. The molecule has 0 fully saturated rings. The molecule has 0 aliphatic carbocycles. The lowest BCUT2D eigenvalue weighted by atomic mass is 10.2. The molecule has 0 radical (unpaired) electrons. The zero-order chi connectivity index (χ0) is 10.1. The van der Waals surface area contributed by atoms with E-state index in [9.17, 15) is 0 Å². The number of halogens is 1. The summed E-state index contributed by atoms with van der Waals surface area (Å²) in [6, 6.07) is 8.21. The van der Waals surface area contributed by atoms with Crippen molar-refractivity contribution in [2.24, 2.45) is 7.05 Å². The van der Waals surface area contributed by atoms with Crippen LogP contribution < -0.4 is 0 Å². The Kier molecular flexibility index (Phi) is 2.75. The lowest BCUT2D eigenvalue weighted by molar-refractivity contribution is 0.910. The molecule has 74 valence electrons. The fraction of sp³-hybridized carbons (Fsp3) is 0.273. The third kappa shape index (κ3) is 1.53. The van der Waals surface area contributed by atoms with Gasteiger partial charge in [0.1, 0.15) is 0 Å². The molecule has 2 rings (SSSR count). The van der Waals surface area contributed by atoms with Crippen molar-refractivity contribution in [3.63, 3.8) is 0 Å². The molecule has 0 spiro atoms. The van der Waals surface area contributed by atoms with Gasteiger partial charge in [-0.1, -0.05) is 17.7 Å². The zero-order valence-corrected chi connectivity index (χ0v) is 9.82. The number of aryl methyl sites for hydroxylation is 1. The van der Waals surface area contributed by atoms with Crippen LogP contribution in [0.5, 0.6) is 0 Å². The molecule has 0 aliphatic heterocycles. The van der Waals surface area contributed by atoms with Gasteiger partial charge in [-0.15, -0.1) is 0 Å². The number of hydrogen-bond donors (Lipinski definition) is 0. The molecule has 0 atom stereocenters. The Labute approximate surface area is 93.1 Å². The Hall–Kier alpha value is -0.600. The summed E-state index contributed by atoms with van der Waals surface area (Å²) in [6.07, 6.45) is 2.11. The predicted octanol–water partition coefficient (Wildman–Crippen LogP) is 3.69. The molecule has 1 aromatic heterocycles. The van der Waals surface area contributed by atoms with Crippen LogP contribution in [0, 0.1) is 0 Å². The first-order chi connectivity index (χ1) is 6.74. The highest BCUT2D eigenvalue weighted by Crippen LogP contribution is 2.27. The number of benzene rings is 1. The molecular weight excluding hydrogens is 214 g/mol. The molecule has 14 heavy (non-hydrogen) atoms. The van der Waals surface area contributed by atoms with Crippen LogP contribution >= 0.6 is 23.4 Å². The van der Waals surface area contributed by atoms with Crippen molar-refractivity contribution in [2.75, 3.05) is 6.26 Å². The first kappa shape index (κ1) is 9.94. The van der Waals surface area contributed by atoms with Gasteiger partial charge in [0.05, 0.1) is 0 Å². The number of thioether (sulfide) groups is 1. The van der Waals surface area contributed by atoms with Gasteiger partial charge in [0.15, 0.2) is 0 Å². The van der Waals surface area contributed by atoms with Crippen LogP contribution in [0.4, 0.5) is 0 Å². The summed E-state index contributed by atoms with van der Waals surface area (Å²) in [6.45, 7) is 0. The van der Waals surface area contributed by atoms with Crippen LogP contribution in [-0.2, 0) is 12.8 Å². The van der Waals surface area contributed by atoms with Crippen molar-refractivity contribution in [1.82, 2.24) is 4.57 Å². The van der Waals surface area contributed by atoms with Gasteiger partial charge in [-0.3, -0.25) is 0 Å². The molecule has 1 nitrogen and oxygen atoms in total. The van der Waals surface area contributed by atoms with Crippen LogP contribution in [0.2, 0.25) is 5.02 Å². The fourth-order valence-electron chi connectivity index (χ4n) is 1.67. The van der Waals surface area contributed by atoms with Gasteiger partial charge in [-0.05, 0) is 24.5 Å². The van der Waals surface area contributed by atoms with E-state index in [0.29, 0.717) is 0 Å². The summed E-state index contributed by atoms with van der Waals surface area (Å²) in [5, 5.41) is 1.99. The lowest BCUT2D eigenvalue weighted by Gasteiger charge is -2.01. The molecule has 0 bridgehead atoms. The maximum absolute atomic E-state index is 6.12. The topological polar surface area (TPSA) is 4.93 Å². The average molecular weight is 226 g/mol. The van der Waals surface area contributed by atoms with Crippen molar-refractivity contribution in [3.8, 4) is 0 Å². The maximum Gasteiger partial charge on any atom is 0.0499 e. The quantitative estimate of drug-likeness (QED) is 0.755. The first-order valence-electron chi connectivity index (χ1n) is 4.46. The van der Waals surface area contributed by atoms with E-state index in [1.165, 1.54) is 11.2 Å².